The lowest BCUT2D eigenvalue weighted by atomic mass is 9.80. The minimum atomic E-state index is -0.395. The van der Waals surface area contributed by atoms with Crippen molar-refractivity contribution in [2.45, 2.75) is 51.9 Å². The number of hydrogen-bond acceptors (Lipinski definition) is 5. The Bertz CT molecular complexity index is 463. The third-order valence-corrected chi connectivity index (χ3v) is 3.98. The van der Waals surface area contributed by atoms with Gasteiger partial charge in [0.1, 0.15) is 5.82 Å². The van der Waals surface area contributed by atoms with Crippen LogP contribution in [-0.2, 0) is 9.31 Å². The average molecular weight is 278 g/mol. The van der Waals surface area contributed by atoms with Crippen LogP contribution in [-0.4, -0.2) is 41.1 Å². The molecule has 0 amide bonds. The van der Waals surface area contributed by atoms with Gasteiger partial charge in [0.25, 0.3) is 0 Å². The summed E-state index contributed by atoms with van der Waals surface area (Å²) in [6.07, 6.45) is 1.72. The molecular weight excluding hydrogens is 255 g/mol. The van der Waals surface area contributed by atoms with E-state index in [2.05, 4.69) is 10.3 Å². The molecule has 1 fully saturated rings. The predicted octanol–water partition coefficient (Wildman–Crippen LogP) is 1.17. The number of anilines is 1. The van der Waals surface area contributed by atoms with Crippen LogP contribution in [0.2, 0.25) is 0 Å². The standard InChI is InChI=1S/C14H23BN2O3/c1-10(9-18)17-12-8-11(6-7-16-12)15-19-13(2,3)14(4,5)20-15/h6-8,10,18H,9H2,1-5H3,(H,16,17)/t10-/m0/s1. The highest BCUT2D eigenvalue weighted by atomic mass is 16.7. The molecule has 0 radical (unpaired) electrons. The van der Waals surface area contributed by atoms with Crippen LogP contribution in [0.3, 0.4) is 0 Å². The molecule has 0 spiro atoms. The Labute approximate surface area is 120 Å². The van der Waals surface area contributed by atoms with Gasteiger partial charge in [0.05, 0.1) is 17.8 Å². The zero-order chi connectivity index (χ0) is 15.0. The van der Waals surface area contributed by atoms with Gasteiger partial charge in [-0.25, -0.2) is 4.98 Å². The summed E-state index contributed by atoms with van der Waals surface area (Å²) in [7, 11) is -0.395. The summed E-state index contributed by atoms with van der Waals surface area (Å²) >= 11 is 0. The van der Waals surface area contributed by atoms with Gasteiger partial charge in [-0.3, -0.25) is 0 Å². The zero-order valence-corrected chi connectivity index (χ0v) is 12.8. The molecule has 6 heteroatoms. The highest BCUT2D eigenvalue weighted by molar-refractivity contribution is 6.62. The van der Waals surface area contributed by atoms with E-state index >= 15 is 0 Å². The molecule has 1 aliphatic heterocycles. The smallest absolute Gasteiger partial charge is 0.399 e. The van der Waals surface area contributed by atoms with Crippen molar-refractivity contribution < 1.29 is 14.4 Å². The predicted molar refractivity (Wildman–Crippen MR) is 80.1 cm³/mol. The van der Waals surface area contributed by atoms with Crippen molar-refractivity contribution in [1.29, 1.82) is 0 Å². The minimum Gasteiger partial charge on any atom is -0.399 e. The fourth-order valence-electron chi connectivity index (χ4n) is 1.95. The van der Waals surface area contributed by atoms with Crippen LogP contribution in [0.5, 0.6) is 0 Å². The third kappa shape index (κ3) is 2.97. The lowest BCUT2D eigenvalue weighted by molar-refractivity contribution is 0.00578. The van der Waals surface area contributed by atoms with E-state index in [1.54, 1.807) is 6.20 Å². The SMILES string of the molecule is C[C@@H](CO)Nc1cc(B2OC(C)(C)C(C)(C)O2)ccn1. The summed E-state index contributed by atoms with van der Waals surface area (Å²) in [5.74, 6) is 0.707. The van der Waals surface area contributed by atoms with Crippen molar-refractivity contribution in [3.8, 4) is 0 Å². The molecule has 1 aliphatic rings. The summed E-state index contributed by atoms with van der Waals surface area (Å²) in [4.78, 5) is 4.24. The number of aliphatic hydroxyl groups is 1. The van der Waals surface area contributed by atoms with E-state index in [4.69, 9.17) is 14.4 Å². The molecule has 1 aromatic heterocycles. The summed E-state index contributed by atoms with van der Waals surface area (Å²) in [6.45, 7) is 10.1. The Kier molecular flexibility index (Phi) is 4.09. The monoisotopic (exact) mass is 278 g/mol. The van der Waals surface area contributed by atoms with Crippen molar-refractivity contribution in [2.75, 3.05) is 11.9 Å². The van der Waals surface area contributed by atoms with Gasteiger partial charge < -0.3 is 19.7 Å². The van der Waals surface area contributed by atoms with E-state index in [1.165, 1.54) is 0 Å². The van der Waals surface area contributed by atoms with Gasteiger partial charge in [0.2, 0.25) is 0 Å². The summed E-state index contributed by atoms with van der Waals surface area (Å²) in [5.41, 5.74) is 0.214. The molecule has 5 nitrogen and oxygen atoms in total. The quantitative estimate of drug-likeness (QED) is 0.810. The fraction of sp³-hybridized carbons (Fsp3) is 0.643. The lowest BCUT2D eigenvalue weighted by Crippen LogP contribution is -2.41. The second-order valence-electron chi connectivity index (χ2n) is 6.29. The first-order valence-electron chi connectivity index (χ1n) is 6.94. The molecule has 0 aromatic carbocycles. The second kappa shape index (κ2) is 5.35. The number of pyridine rings is 1. The van der Waals surface area contributed by atoms with Gasteiger partial charge in [-0.2, -0.15) is 0 Å². The fourth-order valence-corrected chi connectivity index (χ4v) is 1.95. The van der Waals surface area contributed by atoms with Crippen LogP contribution in [0.15, 0.2) is 18.3 Å². The first-order valence-corrected chi connectivity index (χ1v) is 6.94. The van der Waals surface area contributed by atoms with Crippen LogP contribution in [0.25, 0.3) is 0 Å². The number of nitrogens with one attached hydrogen (secondary N) is 1. The molecule has 2 heterocycles. The lowest BCUT2D eigenvalue weighted by Gasteiger charge is -2.32. The number of rotatable bonds is 4. The number of aromatic nitrogens is 1. The van der Waals surface area contributed by atoms with Gasteiger partial charge in [-0.1, -0.05) is 0 Å². The highest BCUT2D eigenvalue weighted by Gasteiger charge is 2.51. The van der Waals surface area contributed by atoms with E-state index in [0.717, 1.165) is 5.46 Å². The Morgan fingerprint density at radius 1 is 1.30 bits per heavy atom. The van der Waals surface area contributed by atoms with E-state index < -0.39 is 7.12 Å². The zero-order valence-electron chi connectivity index (χ0n) is 12.8. The molecule has 1 aromatic rings. The Morgan fingerprint density at radius 3 is 2.45 bits per heavy atom. The number of nitrogens with zero attached hydrogens (tertiary/aromatic N) is 1. The van der Waals surface area contributed by atoms with Gasteiger partial charge in [0, 0.05) is 12.2 Å². The van der Waals surface area contributed by atoms with Crippen molar-refractivity contribution in [3.63, 3.8) is 0 Å². The number of aliphatic hydroxyl groups excluding tert-OH is 1. The van der Waals surface area contributed by atoms with Crippen LogP contribution in [0.1, 0.15) is 34.6 Å². The Balaban J connectivity index is 2.17. The van der Waals surface area contributed by atoms with Crippen LogP contribution < -0.4 is 10.8 Å². The molecular formula is C14H23BN2O3. The van der Waals surface area contributed by atoms with Gasteiger partial charge >= 0.3 is 7.12 Å². The summed E-state index contributed by atoms with van der Waals surface area (Å²) in [6, 6.07) is 3.74. The minimum absolute atomic E-state index is 0.0453. The maximum atomic E-state index is 9.07. The first kappa shape index (κ1) is 15.3. The van der Waals surface area contributed by atoms with Crippen LogP contribution in [0.4, 0.5) is 5.82 Å². The van der Waals surface area contributed by atoms with Crippen molar-refractivity contribution in [3.05, 3.63) is 18.3 Å². The molecule has 0 saturated carbocycles. The molecule has 2 rings (SSSR count). The summed E-state index contributed by atoms with van der Waals surface area (Å²) in [5, 5.41) is 12.2. The topological polar surface area (TPSA) is 63.6 Å². The maximum absolute atomic E-state index is 9.07. The van der Waals surface area contributed by atoms with E-state index in [1.807, 2.05) is 46.8 Å². The molecule has 2 N–H and O–H groups in total. The van der Waals surface area contributed by atoms with Gasteiger partial charge in [-0.05, 0) is 52.2 Å². The van der Waals surface area contributed by atoms with Gasteiger partial charge in [0.15, 0.2) is 0 Å². The highest BCUT2D eigenvalue weighted by Crippen LogP contribution is 2.36. The van der Waals surface area contributed by atoms with Crippen LogP contribution >= 0.6 is 0 Å². The maximum Gasteiger partial charge on any atom is 0.495 e. The Hall–Kier alpha value is -1.11. The summed E-state index contributed by atoms with van der Waals surface area (Å²) < 4.78 is 12.0. The van der Waals surface area contributed by atoms with E-state index in [9.17, 15) is 0 Å². The molecule has 20 heavy (non-hydrogen) atoms. The van der Waals surface area contributed by atoms with E-state index in [-0.39, 0.29) is 23.9 Å². The van der Waals surface area contributed by atoms with E-state index in [0.29, 0.717) is 5.82 Å². The molecule has 0 unspecified atom stereocenters. The largest absolute Gasteiger partial charge is 0.495 e. The van der Waals surface area contributed by atoms with Gasteiger partial charge in [-0.15, -0.1) is 0 Å². The molecule has 1 atom stereocenters. The first-order chi connectivity index (χ1) is 9.25. The van der Waals surface area contributed by atoms with Crippen molar-refractivity contribution in [1.82, 2.24) is 4.98 Å². The molecule has 0 aliphatic carbocycles. The van der Waals surface area contributed by atoms with Crippen LogP contribution in [0, 0.1) is 0 Å². The average Bonchev–Trinajstić information content (AvgIpc) is 2.59. The van der Waals surface area contributed by atoms with Crippen molar-refractivity contribution in [2.24, 2.45) is 0 Å². The Morgan fingerprint density at radius 2 is 1.90 bits per heavy atom. The second-order valence-corrected chi connectivity index (χ2v) is 6.29. The van der Waals surface area contributed by atoms with Crippen molar-refractivity contribution >= 4 is 18.4 Å². The third-order valence-electron chi connectivity index (χ3n) is 3.98. The molecule has 0 bridgehead atoms. The molecule has 1 saturated heterocycles. The molecule has 110 valence electrons. The number of hydrogen-bond donors (Lipinski definition) is 2. The normalized spacial score (nSPS) is 21.8.